The zero-order valence-electron chi connectivity index (χ0n) is 16.1. The SMILES string of the molecule is COc1cc(OCC(=O)N[C@@H](C)c2ccc3c(c2)CCCC3)ccc1[N+](=O)[O-]. The van der Waals surface area contributed by atoms with Crippen LogP contribution in [0.15, 0.2) is 36.4 Å². The Morgan fingerprint density at radius 3 is 2.64 bits per heavy atom. The number of hydrogen-bond acceptors (Lipinski definition) is 5. The number of hydrogen-bond donors (Lipinski definition) is 1. The molecule has 1 aliphatic rings. The van der Waals surface area contributed by atoms with Crippen LogP contribution in [0.5, 0.6) is 11.5 Å². The third-order valence-electron chi connectivity index (χ3n) is 4.97. The van der Waals surface area contributed by atoms with E-state index in [-0.39, 0.29) is 30.0 Å². The smallest absolute Gasteiger partial charge is 0.311 e. The maximum Gasteiger partial charge on any atom is 0.311 e. The average molecular weight is 384 g/mol. The van der Waals surface area contributed by atoms with Gasteiger partial charge < -0.3 is 14.8 Å². The number of carbonyl (C=O) groups is 1. The first-order valence-corrected chi connectivity index (χ1v) is 9.34. The highest BCUT2D eigenvalue weighted by molar-refractivity contribution is 5.78. The summed E-state index contributed by atoms with van der Waals surface area (Å²) >= 11 is 0. The fourth-order valence-electron chi connectivity index (χ4n) is 3.44. The Balaban J connectivity index is 1.57. The Morgan fingerprint density at radius 1 is 1.18 bits per heavy atom. The number of nitrogens with zero attached hydrogens (tertiary/aromatic N) is 1. The predicted octanol–water partition coefficient (Wildman–Crippen LogP) is 3.74. The van der Waals surface area contributed by atoms with Crippen molar-refractivity contribution >= 4 is 11.6 Å². The number of nitrogens with one attached hydrogen (secondary N) is 1. The molecular weight excluding hydrogens is 360 g/mol. The van der Waals surface area contributed by atoms with Crippen LogP contribution in [0, 0.1) is 10.1 Å². The lowest BCUT2D eigenvalue weighted by atomic mass is 9.89. The van der Waals surface area contributed by atoms with E-state index < -0.39 is 4.92 Å². The maximum atomic E-state index is 12.2. The number of methoxy groups -OCH3 is 1. The summed E-state index contributed by atoms with van der Waals surface area (Å²) in [5.74, 6) is 0.159. The summed E-state index contributed by atoms with van der Waals surface area (Å²) in [7, 11) is 1.35. The van der Waals surface area contributed by atoms with Crippen molar-refractivity contribution in [2.45, 2.75) is 38.6 Å². The van der Waals surface area contributed by atoms with Crippen LogP contribution in [-0.4, -0.2) is 24.5 Å². The van der Waals surface area contributed by atoms with Crippen LogP contribution in [0.1, 0.15) is 42.5 Å². The van der Waals surface area contributed by atoms with Crippen LogP contribution >= 0.6 is 0 Å². The number of rotatable bonds is 7. The van der Waals surface area contributed by atoms with Crippen molar-refractivity contribution in [3.8, 4) is 11.5 Å². The molecule has 28 heavy (non-hydrogen) atoms. The van der Waals surface area contributed by atoms with E-state index in [2.05, 4.69) is 23.5 Å². The molecule has 0 spiro atoms. The molecule has 1 atom stereocenters. The number of amides is 1. The van der Waals surface area contributed by atoms with E-state index in [0.717, 1.165) is 18.4 Å². The summed E-state index contributed by atoms with van der Waals surface area (Å²) in [5, 5.41) is 13.9. The lowest BCUT2D eigenvalue weighted by Gasteiger charge is -2.20. The molecule has 0 saturated carbocycles. The van der Waals surface area contributed by atoms with Gasteiger partial charge in [-0.25, -0.2) is 0 Å². The van der Waals surface area contributed by atoms with Gasteiger partial charge in [0.25, 0.3) is 5.91 Å². The van der Waals surface area contributed by atoms with E-state index in [0.29, 0.717) is 5.75 Å². The summed E-state index contributed by atoms with van der Waals surface area (Å²) < 4.78 is 10.5. The molecule has 0 bridgehead atoms. The Labute approximate surface area is 163 Å². The predicted molar refractivity (Wildman–Crippen MR) is 105 cm³/mol. The Bertz CT molecular complexity index is 881. The van der Waals surface area contributed by atoms with E-state index in [1.165, 1.54) is 49.3 Å². The second-order valence-electron chi connectivity index (χ2n) is 6.90. The zero-order valence-corrected chi connectivity index (χ0v) is 16.1. The van der Waals surface area contributed by atoms with Crippen molar-refractivity contribution in [2.24, 2.45) is 0 Å². The molecule has 1 amide bonds. The van der Waals surface area contributed by atoms with Gasteiger partial charge in [-0.15, -0.1) is 0 Å². The summed E-state index contributed by atoms with van der Waals surface area (Å²) in [4.78, 5) is 22.6. The van der Waals surface area contributed by atoms with Gasteiger partial charge in [-0.05, 0) is 55.4 Å². The van der Waals surface area contributed by atoms with E-state index >= 15 is 0 Å². The fourth-order valence-corrected chi connectivity index (χ4v) is 3.44. The first-order chi connectivity index (χ1) is 13.5. The molecule has 3 rings (SSSR count). The van der Waals surface area contributed by atoms with Crippen molar-refractivity contribution in [3.63, 3.8) is 0 Å². The van der Waals surface area contributed by atoms with Gasteiger partial charge in [-0.3, -0.25) is 14.9 Å². The van der Waals surface area contributed by atoms with Crippen LogP contribution in [0.25, 0.3) is 0 Å². The number of nitro groups is 1. The minimum Gasteiger partial charge on any atom is -0.490 e. The standard InChI is InChI=1S/C21H24N2O5/c1-14(16-8-7-15-5-3-4-6-17(15)11-16)22-21(24)13-28-18-9-10-19(23(25)26)20(12-18)27-2/h7-12,14H,3-6,13H2,1-2H3,(H,22,24)/t14-/m0/s1. The summed E-state index contributed by atoms with van der Waals surface area (Å²) in [5.41, 5.74) is 3.70. The fraction of sp³-hybridized carbons (Fsp3) is 0.381. The molecule has 2 aromatic rings. The number of fused-ring (bicyclic) bond motifs is 1. The summed E-state index contributed by atoms with van der Waals surface area (Å²) in [6, 6.07) is 10.4. The van der Waals surface area contributed by atoms with E-state index in [4.69, 9.17) is 9.47 Å². The number of aryl methyl sites for hydroxylation is 2. The van der Waals surface area contributed by atoms with Gasteiger partial charge >= 0.3 is 5.69 Å². The van der Waals surface area contributed by atoms with Gasteiger partial charge in [0.2, 0.25) is 5.75 Å². The van der Waals surface area contributed by atoms with Crippen LogP contribution < -0.4 is 14.8 Å². The molecule has 0 aliphatic heterocycles. The monoisotopic (exact) mass is 384 g/mol. The van der Waals surface area contributed by atoms with Crippen LogP contribution in [0.4, 0.5) is 5.69 Å². The highest BCUT2D eigenvalue weighted by Gasteiger charge is 2.17. The Hall–Kier alpha value is -3.09. The Morgan fingerprint density at radius 2 is 1.93 bits per heavy atom. The minimum absolute atomic E-state index is 0.0883. The van der Waals surface area contributed by atoms with Crippen molar-refractivity contribution in [1.29, 1.82) is 0 Å². The molecule has 0 saturated heterocycles. The molecule has 0 fully saturated rings. The summed E-state index contributed by atoms with van der Waals surface area (Å²) in [6.07, 6.45) is 4.67. The zero-order chi connectivity index (χ0) is 20.1. The topological polar surface area (TPSA) is 90.7 Å². The normalized spacial score (nSPS) is 13.9. The average Bonchev–Trinajstić information content (AvgIpc) is 2.71. The number of nitro benzene ring substituents is 1. The molecule has 7 nitrogen and oxygen atoms in total. The van der Waals surface area contributed by atoms with Crippen molar-refractivity contribution in [2.75, 3.05) is 13.7 Å². The molecule has 7 heteroatoms. The lowest BCUT2D eigenvalue weighted by Crippen LogP contribution is -2.31. The van der Waals surface area contributed by atoms with E-state index in [9.17, 15) is 14.9 Å². The molecule has 1 N–H and O–H groups in total. The maximum absolute atomic E-state index is 12.2. The van der Waals surface area contributed by atoms with Gasteiger partial charge in [-0.1, -0.05) is 18.2 Å². The van der Waals surface area contributed by atoms with Crippen molar-refractivity contribution < 1.29 is 19.2 Å². The second-order valence-corrected chi connectivity index (χ2v) is 6.90. The highest BCUT2D eigenvalue weighted by atomic mass is 16.6. The lowest BCUT2D eigenvalue weighted by molar-refractivity contribution is -0.385. The van der Waals surface area contributed by atoms with Gasteiger partial charge in [0.15, 0.2) is 6.61 Å². The highest BCUT2D eigenvalue weighted by Crippen LogP contribution is 2.30. The van der Waals surface area contributed by atoms with Crippen LogP contribution in [0.2, 0.25) is 0 Å². The summed E-state index contributed by atoms with van der Waals surface area (Å²) in [6.45, 7) is 1.76. The third kappa shape index (κ3) is 4.60. The quantitative estimate of drug-likeness (QED) is 0.580. The number of benzene rings is 2. The van der Waals surface area contributed by atoms with Crippen molar-refractivity contribution in [1.82, 2.24) is 5.32 Å². The third-order valence-corrected chi connectivity index (χ3v) is 4.97. The van der Waals surface area contributed by atoms with Crippen LogP contribution in [-0.2, 0) is 17.6 Å². The van der Waals surface area contributed by atoms with Gasteiger partial charge in [-0.2, -0.15) is 0 Å². The Kier molecular flexibility index (Phi) is 6.13. The first kappa shape index (κ1) is 19.7. The molecular formula is C21H24N2O5. The van der Waals surface area contributed by atoms with Crippen molar-refractivity contribution in [3.05, 3.63) is 63.2 Å². The molecule has 2 aromatic carbocycles. The minimum atomic E-state index is -0.532. The van der Waals surface area contributed by atoms with Gasteiger partial charge in [0, 0.05) is 12.1 Å². The largest absolute Gasteiger partial charge is 0.490 e. The molecule has 0 radical (unpaired) electrons. The molecule has 0 heterocycles. The number of carbonyl (C=O) groups excluding carboxylic acids is 1. The second kappa shape index (κ2) is 8.73. The molecule has 1 aliphatic carbocycles. The van der Waals surface area contributed by atoms with Crippen LogP contribution in [0.3, 0.4) is 0 Å². The molecule has 0 unspecified atom stereocenters. The van der Waals surface area contributed by atoms with E-state index in [1.807, 2.05) is 6.92 Å². The molecule has 0 aromatic heterocycles. The molecule has 148 valence electrons. The van der Waals surface area contributed by atoms with E-state index in [1.54, 1.807) is 0 Å². The first-order valence-electron chi connectivity index (χ1n) is 9.34. The van der Waals surface area contributed by atoms with Gasteiger partial charge in [0.05, 0.1) is 18.1 Å². The van der Waals surface area contributed by atoms with Gasteiger partial charge in [0.1, 0.15) is 5.75 Å². The number of ether oxygens (including phenoxy) is 2.